The van der Waals surface area contributed by atoms with Crippen molar-refractivity contribution in [3.05, 3.63) is 126 Å². The van der Waals surface area contributed by atoms with Gasteiger partial charge in [-0.05, 0) is 30.3 Å². The van der Waals surface area contributed by atoms with Gasteiger partial charge in [-0.3, -0.25) is 4.99 Å². The summed E-state index contributed by atoms with van der Waals surface area (Å²) in [6.45, 7) is 0. The van der Waals surface area contributed by atoms with Crippen LogP contribution in [0.1, 0.15) is 17.2 Å². The fraction of sp³-hybridized carbons (Fsp3) is 0.107. The number of thioether (sulfide) groups is 1. The molecule has 0 saturated heterocycles. The van der Waals surface area contributed by atoms with Crippen molar-refractivity contribution in [1.82, 2.24) is 0 Å². The highest BCUT2D eigenvalue weighted by Gasteiger charge is 2.38. The third kappa shape index (κ3) is 4.02. The molecule has 0 amide bonds. The van der Waals surface area contributed by atoms with E-state index in [1.807, 2.05) is 18.2 Å². The van der Waals surface area contributed by atoms with E-state index in [1.54, 1.807) is 18.9 Å². The van der Waals surface area contributed by atoms with E-state index in [1.165, 1.54) is 0 Å². The molecule has 2 atom stereocenters. The average Bonchev–Trinajstić information content (AvgIpc) is 3.31. The lowest BCUT2D eigenvalue weighted by molar-refractivity contribution is 0.405. The predicted octanol–water partition coefficient (Wildman–Crippen LogP) is 7.09. The fourth-order valence-electron chi connectivity index (χ4n) is 4.07. The van der Waals surface area contributed by atoms with Crippen LogP contribution < -0.4 is 9.64 Å². The van der Waals surface area contributed by atoms with Crippen molar-refractivity contribution in [3.8, 4) is 5.75 Å². The van der Waals surface area contributed by atoms with E-state index in [0.717, 1.165) is 33.3 Å². The summed E-state index contributed by atoms with van der Waals surface area (Å²) in [6.07, 6.45) is 0. The monoisotopic (exact) mass is 436 g/mol. The molecule has 0 aromatic heterocycles. The summed E-state index contributed by atoms with van der Waals surface area (Å²) >= 11 is 1.80. The minimum absolute atomic E-state index is 0.0336. The van der Waals surface area contributed by atoms with Crippen molar-refractivity contribution in [1.29, 1.82) is 0 Å². The molecule has 158 valence electrons. The van der Waals surface area contributed by atoms with Gasteiger partial charge in [0, 0.05) is 22.5 Å². The first-order valence-corrected chi connectivity index (χ1v) is 11.6. The number of nitrogens with zero attached hydrogens (tertiary/aromatic N) is 2. The normalized spacial score (nSPS) is 17.6. The van der Waals surface area contributed by atoms with Crippen molar-refractivity contribution in [2.75, 3.05) is 12.0 Å². The third-order valence-electron chi connectivity index (χ3n) is 5.56. The lowest BCUT2D eigenvalue weighted by Gasteiger charge is -2.34. The van der Waals surface area contributed by atoms with Crippen LogP contribution in [0.2, 0.25) is 0 Å². The Kier molecular flexibility index (Phi) is 5.95. The van der Waals surface area contributed by atoms with Gasteiger partial charge in [0.2, 0.25) is 0 Å². The number of rotatable bonds is 6. The van der Waals surface area contributed by atoms with Crippen LogP contribution in [0.25, 0.3) is 0 Å². The number of anilines is 2. The second-order valence-corrected chi connectivity index (χ2v) is 8.64. The molecule has 3 nitrogen and oxygen atoms in total. The molecule has 1 aliphatic rings. The quantitative estimate of drug-likeness (QED) is 0.322. The minimum atomic E-state index is -0.0910. The van der Waals surface area contributed by atoms with Crippen LogP contribution in [0.3, 0.4) is 0 Å². The van der Waals surface area contributed by atoms with E-state index >= 15 is 0 Å². The fourth-order valence-corrected chi connectivity index (χ4v) is 5.43. The first-order valence-electron chi connectivity index (χ1n) is 10.7. The number of aliphatic imine (C=N–C) groups is 1. The second kappa shape index (κ2) is 9.33. The SMILES string of the molecule is COc1ccccc1C1N=C(c2ccccc2)SC1N(c1ccccc1)c1ccccc1. The number of ether oxygens (including phenoxy) is 1. The Bertz CT molecular complexity index is 1160. The lowest BCUT2D eigenvalue weighted by atomic mass is 10.0. The van der Waals surface area contributed by atoms with Gasteiger partial charge < -0.3 is 9.64 Å². The Hall–Kier alpha value is -3.50. The number of methoxy groups -OCH3 is 1. The molecule has 4 heteroatoms. The van der Waals surface area contributed by atoms with Gasteiger partial charge in [0.25, 0.3) is 0 Å². The lowest BCUT2D eigenvalue weighted by Crippen LogP contribution is -2.31. The molecule has 0 N–H and O–H groups in total. The molecule has 4 aromatic rings. The van der Waals surface area contributed by atoms with Crippen molar-refractivity contribution < 1.29 is 4.74 Å². The summed E-state index contributed by atoms with van der Waals surface area (Å²) in [5, 5.41) is 1.08. The number of hydrogen-bond acceptors (Lipinski definition) is 4. The van der Waals surface area contributed by atoms with Gasteiger partial charge in [-0.1, -0.05) is 96.7 Å². The van der Waals surface area contributed by atoms with E-state index in [4.69, 9.17) is 9.73 Å². The van der Waals surface area contributed by atoms with E-state index in [2.05, 4.69) is 102 Å². The maximum absolute atomic E-state index is 5.74. The van der Waals surface area contributed by atoms with Crippen molar-refractivity contribution in [2.24, 2.45) is 4.99 Å². The number of para-hydroxylation sites is 3. The molecule has 0 bridgehead atoms. The van der Waals surface area contributed by atoms with Gasteiger partial charge in [0.05, 0.1) is 7.11 Å². The summed E-state index contributed by atoms with van der Waals surface area (Å²) in [7, 11) is 1.73. The summed E-state index contributed by atoms with van der Waals surface area (Å²) < 4.78 is 5.74. The largest absolute Gasteiger partial charge is 0.496 e. The van der Waals surface area contributed by atoms with Crippen molar-refractivity contribution >= 4 is 28.2 Å². The Labute approximate surface area is 193 Å². The van der Waals surface area contributed by atoms with E-state index in [9.17, 15) is 0 Å². The predicted molar refractivity (Wildman–Crippen MR) is 135 cm³/mol. The van der Waals surface area contributed by atoms with Crippen molar-refractivity contribution in [3.63, 3.8) is 0 Å². The van der Waals surface area contributed by atoms with E-state index in [0.29, 0.717) is 0 Å². The molecule has 0 radical (unpaired) electrons. The molecule has 0 spiro atoms. The highest BCUT2D eigenvalue weighted by atomic mass is 32.2. The summed E-state index contributed by atoms with van der Waals surface area (Å²) in [5.74, 6) is 0.863. The molecule has 0 saturated carbocycles. The molecule has 1 heterocycles. The molecular formula is C28H24N2OS. The van der Waals surface area contributed by atoms with Crippen LogP contribution >= 0.6 is 11.8 Å². The van der Waals surface area contributed by atoms with Crippen LogP contribution in [0.5, 0.6) is 5.75 Å². The molecule has 4 aromatic carbocycles. The zero-order valence-electron chi connectivity index (χ0n) is 17.8. The summed E-state index contributed by atoms with van der Waals surface area (Å²) in [6, 6.07) is 39.6. The van der Waals surface area contributed by atoms with Crippen LogP contribution in [-0.4, -0.2) is 17.5 Å². The minimum Gasteiger partial charge on any atom is -0.496 e. The second-order valence-electron chi connectivity index (χ2n) is 7.54. The Morgan fingerprint density at radius 2 is 1.22 bits per heavy atom. The van der Waals surface area contributed by atoms with Gasteiger partial charge in [0.1, 0.15) is 22.2 Å². The van der Waals surface area contributed by atoms with Crippen LogP contribution in [0, 0.1) is 0 Å². The van der Waals surface area contributed by atoms with Gasteiger partial charge in [0.15, 0.2) is 0 Å². The first kappa shape index (κ1) is 20.4. The Balaban J connectivity index is 1.65. The molecule has 0 aliphatic carbocycles. The summed E-state index contributed by atoms with van der Waals surface area (Å²) in [4.78, 5) is 7.64. The zero-order chi connectivity index (χ0) is 21.8. The number of benzene rings is 4. The Morgan fingerprint density at radius 3 is 1.81 bits per heavy atom. The van der Waals surface area contributed by atoms with Crippen LogP contribution in [-0.2, 0) is 0 Å². The highest BCUT2D eigenvalue weighted by molar-refractivity contribution is 8.15. The van der Waals surface area contributed by atoms with Gasteiger partial charge >= 0.3 is 0 Å². The molecular weight excluding hydrogens is 412 g/mol. The van der Waals surface area contributed by atoms with Gasteiger partial charge in [-0.15, -0.1) is 0 Å². The standard InChI is InChI=1S/C28H24N2OS/c1-31-25-20-12-11-19-24(25)26-28(32-27(29-26)21-13-5-2-6-14-21)30(22-15-7-3-8-16-22)23-17-9-4-10-18-23/h2-20,26,28H,1H3. The van der Waals surface area contributed by atoms with Gasteiger partial charge in [-0.2, -0.15) is 0 Å². The van der Waals surface area contributed by atoms with Crippen molar-refractivity contribution in [2.45, 2.75) is 11.4 Å². The molecule has 0 fully saturated rings. The van der Waals surface area contributed by atoms with Crippen LogP contribution in [0.4, 0.5) is 11.4 Å². The topological polar surface area (TPSA) is 24.8 Å². The number of hydrogen-bond donors (Lipinski definition) is 0. The smallest absolute Gasteiger partial charge is 0.124 e. The zero-order valence-corrected chi connectivity index (χ0v) is 18.7. The highest BCUT2D eigenvalue weighted by Crippen LogP contribution is 2.47. The molecule has 1 aliphatic heterocycles. The average molecular weight is 437 g/mol. The first-order chi connectivity index (χ1) is 15.8. The molecule has 5 rings (SSSR count). The van der Waals surface area contributed by atoms with E-state index < -0.39 is 0 Å². The molecule has 32 heavy (non-hydrogen) atoms. The maximum Gasteiger partial charge on any atom is 0.124 e. The summed E-state index contributed by atoms with van der Waals surface area (Å²) in [5.41, 5.74) is 4.51. The van der Waals surface area contributed by atoms with Crippen LogP contribution in [0.15, 0.2) is 120 Å². The third-order valence-corrected chi connectivity index (χ3v) is 6.83. The van der Waals surface area contributed by atoms with E-state index in [-0.39, 0.29) is 11.4 Å². The Morgan fingerprint density at radius 1 is 0.688 bits per heavy atom. The molecule has 2 unspecified atom stereocenters. The maximum atomic E-state index is 5.74. The van der Waals surface area contributed by atoms with Gasteiger partial charge in [-0.25, -0.2) is 0 Å².